The molecular formula is C9H8Cl2N4O. The number of halogens is 2. The Morgan fingerprint density at radius 3 is 2.94 bits per heavy atom. The number of rotatable bonds is 4. The monoisotopic (exact) mass is 258 g/mol. The Labute approximate surface area is 102 Å². The maximum atomic E-state index is 11.6. The van der Waals surface area contributed by atoms with Crippen LogP contribution in [0, 0.1) is 0 Å². The van der Waals surface area contributed by atoms with Crippen LogP contribution >= 0.6 is 23.2 Å². The van der Waals surface area contributed by atoms with E-state index >= 15 is 0 Å². The van der Waals surface area contributed by atoms with Crippen LogP contribution < -0.4 is 5.32 Å². The van der Waals surface area contributed by atoms with Crippen LogP contribution in [-0.2, 0) is 0 Å². The molecule has 0 fully saturated rings. The van der Waals surface area contributed by atoms with Crippen molar-refractivity contribution in [3.63, 3.8) is 0 Å². The number of nitrogens with zero attached hydrogens (tertiary/aromatic N) is 3. The van der Waals surface area contributed by atoms with Crippen LogP contribution in [0.1, 0.15) is 10.4 Å². The minimum Gasteiger partial charge on any atom is -0.352 e. The number of carbonyl (C=O) groups is 1. The van der Waals surface area contributed by atoms with Crippen LogP contribution in [0.3, 0.4) is 0 Å². The first kappa shape index (κ1) is 12.6. The first-order valence-electron chi connectivity index (χ1n) is 4.39. The van der Waals surface area contributed by atoms with E-state index in [-0.39, 0.29) is 19.0 Å². The lowest BCUT2D eigenvalue weighted by molar-refractivity contribution is 0.0955. The highest BCUT2D eigenvalue weighted by molar-refractivity contribution is 6.35. The third-order valence-corrected chi connectivity index (χ3v) is 2.30. The van der Waals surface area contributed by atoms with E-state index in [1.54, 1.807) is 12.1 Å². The summed E-state index contributed by atoms with van der Waals surface area (Å²) in [5.41, 5.74) is 8.34. The maximum Gasteiger partial charge on any atom is 0.252 e. The van der Waals surface area contributed by atoms with E-state index in [0.29, 0.717) is 15.6 Å². The van der Waals surface area contributed by atoms with Gasteiger partial charge in [0.25, 0.3) is 5.91 Å². The molecule has 0 heterocycles. The molecule has 0 saturated heterocycles. The topological polar surface area (TPSA) is 77.9 Å². The van der Waals surface area contributed by atoms with Gasteiger partial charge in [0.2, 0.25) is 0 Å². The largest absolute Gasteiger partial charge is 0.352 e. The SMILES string of the molecule is [N-]=[N+]=NCCNC(=O)c1cc(Cl)ccc1Cl. The normalized spacial score (nSPS) is 9.38. The van der Waals surface area contributed by atoms with Crippen molar-refractivity contribution in [1.82, 2.24) is 5.32 Å². The minimum absolute atomic E-state index is 0.195. The van der Waals surface area contributed by atoms with Crippen LogP contribution in [0.15, 0.2) is 23.3 Å². The van der Waals surface area contributed by atoms with Crippen LogP contribution in [-0.4, -0.2) is 19.0 Å². The van der Waals surface area contributed by atoms with E-state index in [4.69, 9.17) is 28.7 Å². The zero-order valence-electron chi connectivity index (χ0n) is 8.15. The first-order chi connectivity index (χ1) is 7.65. The summed E-state index contributed by atoms with van der Waals surface area (Å²) in [6.45, 7) is 0.451. The van der Waals surface area contributed by atoms with Gasteiger partial charge >= 0.3 is 0 Å². The molecule has 0 bridgehead atoms. The van der Waals surface area contributed by atoms with E-state index in [1.807, 2.05) is 0 Å². The molecule has 84 valence electrons. The number of benzene rings is 1. The number of hydrogen-bond donors (Lipinski definition) is 1. The summed E-state index contributed by atoms with van der Waals surface area (Å²) in [7, 11) is 0. The summed E-state index contributed by atoms with van der Waals surface area (Å²) in [5, 5.41) is 6.60. The summed E-state index contributed by atoms with van der Waals surface area (Å²) < 4.78 is 0. The summed E-state index contributed by atoms with van der Waals surface area (Å²) >= 11 is 11.6. The van der Waals surface area contributed by atoms with Gasteiger partial charge in [-0.1, -0.05) is 28.3 Å². The molecule has 0 aliphatic carbocycles. The predicted molar refractivity (Wildman–Crippen MR) is 62.8 cm³/mol. The Balaban J connectivity index is 2.65. The van der Waals surface area contributed by atoms with Gasteiger partial charge in [-0.15, -0.1) is 0 Å². The highest BCUT2D eigenvalue weighted by atomic mass is 35.5. The second kappa shape index (κ2) is 6.23. The molecule has 7 heteroatoms. The van der Waals surface area contributed by atoms with E-state index in [9.17, 15) is 4.79 Å². The van der Waals surface area contributed by atoms with E-state index in [2.05, 4.69) is 15.3 Å². The summed E-state index contributed by atoms with van der Waals surface area (Å²) in [6, 6.07) is 4.62. The quantitative estimate of drug-likeness (QED) is 0.383. The molecule has 1 aromatic rings. The number of amides is 1. The van der Waals surface area contributed by atoms with Gasteiger partial charge in [-0.05, 0) is 23.7 Å². The summed E-state index contributed by atoms with van der Waals surface area (Å²) in [4.78, 5) is 14.2. The molecule has 0 aliphatic heterocycles. The van der Waals surface area contributed by atoms with Crippen molar-refractivity contribution in [3.05, 3.63) is 44.3 Å². The molecule has 0 atom stereocenters. The second-order valence-corrected chi connectivity index (χ2v) is 3.68. The maximum absolute atomic E-state index is 11.6. The van der Waals surface area contributed by atoms with Crippen LogP contribution in [0.2, 0.25) is 10.0 Å². The van der Waals surface area contributed by atoms with E-state index < -0.39 is 0 Å². The van der Waals surface area contributed by atoms with Gasteiger partial charge in [0, 0.05) is 23.0 Å². The zero-order valence-corrected chi connectivity index (χ0v) is 9.66. The molecule has 0 spiro atoms. The summed E-state index contributed by atoms with van der Waals surface area (Å²) in [5.74, 6) is -0.347. The van der Waals surface area contributed by atoms with Crippen LogP contribution in [0.4, 0.5) is 0 Å². The molecular weight excluding hydrogens is 251 g/mol. The molecule has 0 aliphatic rings. The highest BCUT2D eigenvalue weighted by Crippen LogP contribution is 2.20. The van der Waals surface area contributed by atoms with Crippen molar-refractivity contribution in [3.8, 4) is 0 Å². The van der Waals surface area contributed by atoms with Crippen molar-refractivity contribution in [1.29, 1.82) is 0 Å². The fourth-order valence-electron chi connectivity index (χ4n) is 1.03. The molecule has 1 rings (SSSR count). The van der Waals surface area contributed by atoms with Crippen LogP contribution in [0.5, 0.6) is 0 Å². The third kappa shape index (κ3) is 3.62. The molecule has 0 saturated carbocycles. The molecule has 1 aromatic carbocycles. The van der Waals surface area contributed by atoms with Crippen molar-refractivity contribution >= 4 is 29.1 Å². The molecule has 1 amide bonds. The Morgan fingerprint density at radius 2 is 2.25 bits per heavy atom. The fourth-order valence-corrected chi connectivity index (χ4v) is 1.41. The minimum atomic E-state index is -0.347. The molecule has 0 unspecified atom stereocenters. The molecule has 1 N–H and O–H groups in total. The van der Waals surface area contributed by atoms with Gasteiger partial charge in [-0.2, -0.15) is 0 Å². The number of azide groups is 1. The Hall–Kier alpha value is -1.42. The average molecular weight is 259 g/mol. The number of nitrogens with one attached hydrogen (secondary N) is 1. The van der Waals surface area contributed by atoms with Crippen LogP contribution in [0.25, 0.3) is 10.4 Å². The Morgan fingerprint density at radius 1 is 1.50 bits per heavy atom. The summed E-state index contributed by atoms with van der Waals surface area (Å²) in [6.07, 6.45) is 0. The van der Waals surface area contributed by atoms with E-state index in [0.717, 1.165) is 0 Å². The van der Waals surface area contributed by atoms with E-state index in [1.165, 1.54) is 6.07 Å². The van der Waals surface area contributed by atoms with Gasteiger partial charge < -0.3 is 5.32 Å². The number of carbonyl (C=O) groups excluding carboxylic acids is 1. The van der Waals surface area contributed by atoms with Gasteiger partial charge in [0.15, 0.2) is 0 Å². The average Bonchev–Trinajstić information content (AvgIpc) is 2.27. The van der Waals surface area contributed by atoms with Gasteiger partial charge in [0.05, 0.1) is 10.6 Å². The second-order valence-electron chi connectivity index (χ2n) is 2.83. The van der Waals surface area contributed by atoms with Crippen molar-refractivity contribution < 1.29 is 4.79 Å². The Bertz CT molecular complexity index is 443. The van der Waals surface area contributed by atoms with Gasteiger partial charge in [-0.25, -0.2) is 0 Å². The molecule has 5 nitrogen and oxygen atoms in total. The Kier molecular flexibility index (Phi) is 4.92. The molecule has 0 radical (unpaired) electrons. The molecule has 0 aromatic heterocycles. The fraction of sp³-hybridized carbons (Fsp3) is 0.222. The highest BCUT2D eigenvalue weighted by Gasteiger charge is 2.09. The standard InChI is InChI=1S/C9H8Cl2N4O/c10-6-1-2-8(11)7(5-6)9(16)13-3-4-14-15-12/h1-2,5H,3-4H2,(H,13,16). The smallest absolute Gasteiger partial charge is 0.252 e. The lowest BCUT2D eigenvalue weighted by Crippen LogP contribution is -2.26. The lowest BCUT2D eigenvalue weighted by atomic mass is 10.2. The molecule has 16 heavy (non-hydrogen) atoms. The predicted octanol–water partition coefficient (Wildman–Crippen LogP) is 3.03. The zero-order chi connectivity index (χ0) is 12.0. The van der Waals surface area contributed by atoms with Gasteiger partial charge in [0.1, 0.15) is 0 Å². The van der Waals surface area contributed by atoms with Crippen molar-refractivity contribution in [2.75, 3.05) is 13.1 Å². The van der Waals surface area contributed by atoms with Gasteiger partial charge in [-0.3, -0.25) is 4.79 Å². The van der Waals surface area contributed by atoms with Crippen molar-refractivity contribution in [2.45, 2.75) is 0 Å². The first-order valence-corrected chi connectivity index (χ1v) is 5.15. The van der Waals surface area contributed by atoms with Crippen molar-refractivity contribution in [2.24, 2.45) is 5.11 Å². The lowest BCUT2D eigenvalue weighted by Gasteiger charge is -2.05. The third-order valence-electron chi connectivity index (χ3n) is 1.73. The number of hydrogen-bond acceptors (Lipinski definition) is 2.